The lowest BCUT2D eigenvalue weighted by atomic mass is 9.89. The van der Waals surface area contributed by atoms with Crippen LogP contribution < -0.4 is 4.90 Å². The highest BCUT2D eigenvalue weighted by Crippen LogP contribution is 2.50. The van der Waals surface area contributed by atoms with Crippen molar-refractivity contribution in [2.75, 3.05) is 18.0 Å². The second-order valence-electron chi connectivity index (χ2n) is 10.4. The summed E-state index contributed by atoms with van der Waals surface area (Å²) in [6.07, 6.45) is 1.84. The first kappa shape index (κ1) is 22.4. The van der Waals surface area contributed by atoms with Crippen molar-refractivity contribution in [3.8, 4) is 0 Å². The van der Waals surface area contributed by atoms with Gasteiger partial charge in [0.15, 0.2) is 5.60 Å². The average molecular weight is 469 g/mol. The molecular formula is C30H32N2O3. The lowest BCUT2D eigenvalue weighted by molar-refractivity contribution is -0.142. The number of aliphatic hydroxyl groups is 1. The zero-order valence-electron chi connectivity index (χ0n) is 20.4. The lowest BCUT2D eigenvalue weighted by Crippen LogP contribution is -2.50. The third kappa shape index (κ3) is 3.29. The molecule has 2 heterocycles. The van der Waals surface area contributed by atoms with E-state index in [1.54, 1.807) is 17.9 Å². The predicted molar refractivity (Wildman–Crippen MR) is 137 cm³/mol. The van der Waals surface area contributed by atoms with Gasteiger partial charge < -0.3 is 10.0 Å². The fourth-order valence-electron chi connectivity index (χ4n) is 6.80. The number of para-hydroxylation sites is 1. The predicted octanol–water partition coefficient (Wildman–Crippen LogP) is 5.07. The number of likely N-dealkylation sites (tertiary alicyclic amines) is 1. The first-order valence-electron chi connectivity index (χ1n) is 12.9. The Labute approximate surface area is 206 Å². The molecule has 1 N–H and O–H groups in total. The molecule has 3 aromatic carbocycles. The molecule has 180 valence electrons. The molecule has 5 nitrogen and oxygen atoms in total. The maximum absolute atomic E-state index is 13.6. The highest BCUT2D eigenvalue weighted by molar-refractivity contribution is 6.09. The van der Waals surface area contributed by atoms with Gasteiger partial charge >= 0.3 is 0 Å². The van der Waals surface area contributed by atoms with Crippen molar-refractivity contribution in [2.45, 2.75) is 63.1 Å². The lowest BCUT2D eigenvalue weighted by Gasteiger charge is -2.41. The summed E-state index contributed by atoms with van der Waals surface area (Å²) < 4.78 is 0. The Morgan fingerprint density at radius 3 is 2.40 bits per heavy atom. The number of amides is 1. The highest BCUT2D eigenvalue weighted by Gasteiger charge is 2.52. The smallest absolute Gasteiger partial charge is 0.264 e. The fraction of sp³-hybridized carbons (Fsp3) is 0.400. The van der Waals surface area contributed by atoms with Gasteiger partial charge in [0, 0.05) is 49.5 Å². The third-order valence-electron chi connectivity index (χ3n) is 8.54. The van der Waals surface area contributed by atoms with E-state index in [-0.39, 0.29) is 24.2 Å². The Hall–Kier alpha value is -3.02. The van der Waals surface area contributed by atoms with E-state index in [4.69, 9.17) is 0 Å². The average Bonchev–Trinajstić information content (AvgIpc) is 3.29. The summed E-state index contributed by atoms with van der Waals surface area (Å²) in [6, 6.07) is 21.1. The minimum Gasteiger partial charge on any atom is -0.375 e. The van der Waals surface area contributed by atoms with Crippen LogP contribution in [0.4, 0.5) is 5.69 Å². The zero-order chi connectivity index (χ0) is 24.3. The van der Waals surface area contributed by atoms with Gasteiger partial charge in [-0.15, -0.1) is 0 Å². The van der Waals surface area contributed by atoms with Crippen LogP contribution in [0.1, 0.15) is 68.2 Å². The normalized spacial score (nSPS) is 26.5. The first-order valence-corrected chi connectivity index (χ1v) is 12.9. The number of benzene rings is 3. The molecule has 35 heavy (non-hydrogen) atoms. The molecule has 0 bridgehead atoms. The van der Waals surface area contributed by atoms with Crippen molar-refractivity contribution in [3.05, 3.63) is 77.4 Å². The van der Waals surface area contributed by atoms with Crippen LogP contribution in [0, 0.1) is 0 Å². The van der Waals surface area contributed by atoms with Crippen LogP contribution >= 0.6 is 0 Å². The summed E-state index contributed by atoms with van der Waals surface area (Å²) in [6.45, 7) is 5.88. The molecule has 3 aliphatic rings. The van der Waals surface area contributed by atoms with Crippen LogP contribution in [-0.4, -0.2) is 40.8 Å². The third-order valence-corrected chi connectivity index (χ3v) is 8.54. The molecule has 1 aliphatic carbocycles. The largest absolute Gasteiger partial charge is 0.375 e. The van der Waals surface area contributed by atoms with Crippen molar-refractivity contribution in [2.24, 2.45) is 0 Å². The number of ketones is 1. The Morgan fingerprint density at radius 1 is 1.00 bits per heavy atom. The van der Waals surface area contributed by atoms with Crippen molar-refractivity contribution >= 4 is 28.2 Å². The molecule has 0 saturated carbocycles. The molecule has 5 heteroatoms. The molecule has 1 saturated heterocycles. The zero-order valence-corrected chi connectivity index (χ0v) is 20.4. The molecule has 1 fully saturated rings. The van der Waals surface area contributed by atoms with Crippen LogP contribution in [0.25, 0.3) is 10.8 Å². The maximum atomic E-state index is 13.6. The second-order valence-corrected chi connectivity index (χ2v) is 10.4. The van der Waals surface area contributed by atoms with E-state index in [1.807, 2.05) is 18.2 Å². The van der Waals surface area contributed by atoms with E-state index in [9.17, 15) is 14.7 Å². The van der Waals surface area contributed by atoms with E-state index < -0.39 is 5.60 Å². The van der Waals surface area contributed by atoms with E-state index in [2.05, 4.69) is 48.2 Å². The van der Waals surface area contributed by atoms with Gasteiger partial charge in [-0.1, -0.05) is 68.4 Å². The van der Waals surface area contributed by atoms with Crippen LogP contribution in [0.3, 0.4) is 0 Å². The number of hydrogen-bond acceptors (Lipinski definition) is 4. The number of carbonyl (C=O) groups is 2. The standard InChI is InChI=1S/C30H32N2O3/c1-3-22(33)18-30(35)25-12-4-5-13-26(25)32(29(30)34)21-14-16-31(17-15-21)28-19(2)23-10-6-8-20-9-7-11-24(28)27(20)23/h4-13,19,21,28,35H,3,14-18H2,1-2H3/t19-,28?,30?/m0/s1. The van der Waals surface area contributed by atoms with E-state index in [0.717, 1.165) is 31.6 Å². The molecule has 1 amide bonds. The fourth-order valence-corrected chi connectivity index (χ4v) is 6.80. The molecule has 2 unspecified atom stereocenters. The minimum atomic E-state index is -1.75. The van der Waals surface area contributed by atoms with Crippen molar-refractivity contribution in [3.63, 3.8) is 0 Å². The van der Waals surface area contributed by atoms with Crippen LogP contribution in [0.5, 0.6) is 0 Å². The van der Waals surface area contributed by atoms with Crippen LogP contribution in [0.2, 0.25) is 0 Å². The molecule has 3 atom stereocenters. The van der Waals surface area contributed by atoms with Gasteiger partial charge in [-0.3, -0.25) is 14.5 Å². The quantitative estimate of drug-likeness (QED) is 0.568. The Morgan fingerprint density at radius 2 is 1.69 bits per heavy atom. The molecule has 6 rings (SSSR count). The number of carbonyl (C=O) groups excluding carboxylic acids is 2. The Kier molecular flexibility index (Phi) is 5.31. The van der Waals surface area contributed by atoms with E-state index in [0.29, 0.717) is 23.9 Å². The van der Waals surface area contributed by atoms with Gasteiger partial charge in [-0.2, -0.15) is 0 Å². The molecular weight excluding hydrogens is 436 g/mol. The summed E-state index contributed by atoms with van der Waals surface area (Å²) >= 11 is 0. The van der Waals surface area contributed by atoms with Crippen LogP contribution in [-0.2, 0) is 15.2 Å². The van der Waals surface area contributed by atoms with Gasteiger partial charge in [0.05, 0.1) is 5.69 Å². The van der Waals surface area contributed by atoms with Crippen molar-refractivity contribution < 1.29 is 14.7 Å². The summed E-state index contributed by atoms with van der Waals surface area (Å²) in [5.41, 5.74) is 2.42. The number of anilines is 1. The van der Waals surface area contributed by atoms with Crippen LogP contribution in [0.15, 0.2) is 60.7 Å². The maximum Gasteiger partial charge on any atom is 0.264 e. The monoisotopic (exact) mass is 468 g/mol. The number of nitrogens with zero attached hydrogens (tertiary/aromatic N) is 2. The topological polar surface area (TPSA) is 60.9 Å². The molecule has 0 aromatic heterocycles. The number of rotatable bonds is 5. The SMILES string of the molecule is CCC(=O)CC1(O)C(=O)N(C2CCN(C3c4cccc5cccc(c45)[C@@H]3C)CC2)c2ccccc21. The van der Waals surface area contributed by atoms with Gasteiger partial charge in [-0.25, -0.2) is 0 Å². The number of fused-ring (bicyclic) bond motifs is 1. The summed E-state index contributed by atoms with van der Waals surface area (Å²) in [5.74, 6) is -0.0198. The van der Waals surface area contributed by atoms with Crippen molar-refractivity contribution in [1.29, 1.82) is 0 Å². The minimum absolute atomic E-state index is 0.0144. The van der Waals surface area contributed by atoms with Gasteiger partial charge in [0.25, 0.3) is 5.91 Å². The summed E-state index contributed by atoms with van der Waals surface area (Å²) in [5, 5.41) is 14.2. The Bertz CT molecular complexity index is 1320. The summed E-state index contributed by atoms with van der Waals surface area (Å²) in [4.78, 5) is 30.2. The second kappa shape index (κ2) is 8.28. The van der Waals surface area contributed by atoms with Gasteiger partial charge in [0.2, 0.25) is 0 Å². The van der Waals surface area contributed by atoms with Crippen molar-refractivity contribution in [1.82, 2.24) is 4.90 Å². The number of Topliss-reactive ketones (excluding diaryl/α,β-unsaturated/α-hetero) is 1. The summed E-state index contributed by atoms with van der Waals surface area (Å²) in [7, 11) is 0. The Balaban J connectivity index is 1.25. The van der Waals surface area contributed by atoms with Gasteiger partial charge in [0.1, 0.15) is 5.78 Å². The first-order chi connectivity index (χ1) is 16.9. The van der Waals surface area contributed by atoms with E-state index >= 15 is 0 Å². The number of hydrogen-bond donors (Lipinski definition) is 1. The van der Waals surface area contributed by atoms with E-state index in [1.165, 1.54) is 21.9 Å². The number of piperidine rings is 1. The molecule has 0 radical (unpaired) electrons. The molecule has 0 spiro atoms. The molecule has 2 aliphatic heterocycles. The molecule has 3 aromatic rings. The van der Waals surface area contributed by atoms with Gasteiger partial charge in [-0.05, 0) is 40.8 Å². The highest BCUT2D eigenvalue weighted by atomic mass is 16.3.